The monoisotopic (exact) mass is 312 g/mol. The summed E-state index contributed by atoms with van der Waals surface area (Å²) < 4.78 is 26.8. The lowest BCUT2D eigenvalue weighted by Gasteiger charge is -2.20. The molecular weight excluding hydrogens is 288 g/mol. The first kappa shape index (κ1) is 17.7. The Kier molecular flexibility index (Phi) is 5.53. The fourth-order valence-corrected chi connectivity index (χ4v) is 2.84. The standard InChI is InChI=1S/C15H24N2O3S/c1-11(2)10-16-21(19,20)13-8-6-7-12(9-13)14(18)17-15(3,4)5/h6-9,11,16H,10H2,1-5H3,(H,17,18). The van der Waals surface area contributed by atoms with Crippen molar-refractivity contribution >= 4 is 15.9 Å². The molecule has 0 bridgehead atoms. The van der Waals surface area contributed by atoms with Crippen LogP contribution in [0.1, 0.15) is 45.0 Å². The van der Waals surface area contributed by atoms with Gasteiger partial charge in [-0.25, -0.2) is 13.1 Å². The number of hydrogen-bond acceptors (Lipinski definition) is 3. The molecule has 0 aliphatic carbocycles. The Labute approximate surface area is 127 Å². The molecule has 0 aromatic heterocycles. The lowest BCUT2D eigenvalue weighted by molar-refractivity contribution is 0.0919. The van der Waals surface area contributed by atoms with Gasteiger partial charge >= 0.3 is 0 Å². The zero-order valence-electron chi connectivity index (χ0n) is 13.2. The lowest BCUT2D eigenvalue weighted by Crippen LogP contribution is -2.40. The summed E-state index contributed by atoms with van der Waals surface area (Å²) in [5, 5.41) is 2.81. The number of carbonyl (C=O) groups excluding carboxylic acids is 1. The second kappa shape index (κ2) is 6.58. The fourth-order valence-electron chi connectivity index (χ4n) is 1.58. The molecule has 0 radical (unpaired) electrons. The van der Waals surface area contributed by atoms with Crippen LogP contribution in [0.4, 0.5) is 0 Å². The van der Waals surface area contributed by atoms with Gasteiger partial charge in [0.15, 0.2) is 0 Å². The Morgan fingerprint density at radius 3 is 2.38 bits per heavy atom. The average molecular weight is 312 g/mol. The lowest BCUT2D eigenvalue weighted by atomic mass is 10.1. The summed E-state index contributed by atoms with van der Waals surface area (Å²) in [7, 11) is -3.59. The Balaban J connectivity index is 2.98. The van der Waals surface area contributed by atoms with Gasteiger partial charge < -0.3 is 5.32 Å². The van der Waals surface area contributed by atoms with Crippen molar-refractivity contribution in [2.24, 2.45) is 5.92 Å². The molecule has 1 amide bonds. The molecule has 1 aromatic rings. The van der Waals surface area contributed by atoms with Gasteiger partial charge in [-0.2, -0.15) is 0 Å². The van der Waals surface area contributed by atoms with Crippen molar-refractivity contribution < 1.29 is 13.2 Å². The first-order chi connectivity index (χ1) is 9.51. The minimum atomic E-state index is -3.59. The van der Waals surface area contributed by atoms with E-state index in [2.05, 4.69) is 10.0 Å². The third kappa shape index (κ3) is 5.85. The summed E-state index contributed by atoms with van der Waals surface area (Å²) in [4.78, 5) is 12.2. The Morgan fingerprint density at radius 2 is 1.86 bits per heavy atom. The van der Waals surface area contributed by atoms with Crippen LogP contribution in [0.25, 0.3) is 0 Å². The molecule has 0 unspecified atom stereocenters. The van der Waals surface area contributed by atoms with E-state index >= 15 is 0 Å². The van der Waals surface area contributed by atoms with Gasteiger partial charge in [-0.1, -0.05) is 19.9 Å². The number of sulfonamides is 1. The van der Waals surface area contributed by atoms with E-state index in [1.165, 1.54) is 12.1 Å². The summed E-state index contributed by atoms with van der Waals surface area (Å²) in [5.41, 5.74) is -0.0423. The maximum atomic E-state index is 12.2. The zero-order chi connectivity index (χ0) is 16.3. The molecule has 1 rings (SSSR count). The molecule has 0 atom stereocenters. The highest BCUT2D eigenvalue weighted by Gasteiger charge is 2.19. The zero-order valence-corrected chi connectivity index (χ0v) is 14.0. The minimum absolute atomic E-state index is 0.102. The van der Waals surface area contributed by atoms with Crippen LogP contribution in [-0.4, -0.2) is 26.4 Å². The summed E-state index contributed by atoms with van der Waals surface area (Å²) in [5.74, 6) is -0.0736. The molecule has 21 heavy (non-hydrogen) atoms. The first-order valence-electron chi connectivity index (χ1n) is 6.93. The molecule has 118 valence electrons. The number of benzene rings is 1. The molecular formula is C15H24N2O3S. The highest BCUT2D eigenvalue weighted by atomic mass is 32.2. The highest BCUT2D eigenvalue weighted by Crippen LogP contribution is 2.13. The average Bonchev–Trinajstić information content (AvgIpc) is 2.35. The normalized spacial score (nSPS) is 12.5. The topological polar surface area (TPSA) is 75.3 Å². The van der Waals surface area contributed by atoms with Gasteiger partial charge in [-0.15, -0.1) is 0 Å². The van der Waals surface area contributed by atoms with E-state index < -0.39 is 10.0 Å². The fraction of sp³-hybridized carbons (Fsp3) is 0.533. The molecule has 5 nitrogen and oxygen atoms in total. The third-order valence-electron chi connectivity index (χ3n) is 2.58. The largest absolute Gasteiger partial charge is 0.347 e. The van der Waals surface area contributed by atoms with E-state index in [0.717, 1.165) is 0 Å². The van der Waals surface area contributed by atoms with Crippen molar-refractivity contribution in [3.63, 3.8) is 0 Å². The summed E-state index contributed by atoms with van der Waals surface area (Å²) in [6.45, 7) is 9.83. The van der Waals surface area contributed by atoms with Crippen LogP contribution < -0.4 is 10.0 Å². The number of carbonyl (C=O) groups is 1. The number of nitrogens with one attached hydrogen (secondary N) is 2. The van der Waals surface area contributed by atoms with Gasteiger partial charge in [0.05, 0.1) is 4.90 Å². The predicted octanol–water partition coefficient (Wildman–Crippen LogP) is 2.15. The van der Waals surface area contributed by atoms with Gasteiger partial charge in [0, 0.05) is 17.6 Å². The number of amides is 1. The van der Waals surface area contributed by atoms with Crippen molar-refractivity contribution in [2.75, 3.05) is 6.54 Å². The van der Waals surface area contributed by atoms with E-state index in [-0.39, 0.29) is 22.3 Å². The van der Waals surface area contributed by atoms with Crippen LogP contribution in [0.15, 0.2) is 29.2 Å². The van der Waals surface area contributed by atoms with Crippen LogP contribution >= 0.6 is 0 Å². The second-order valence-corrected chi connectivity index (χ2v) is 8.24. The maximum absolute atomic E-state index is 12.2. The molecule has 0 aliphatic rings. The van der Waals surface area contributed by atoms with Crippen molar-refractivity contribution in [1.29, 1.82) is 0 Å². The smallest absolute Gasteiger partial charge is 0.251 e. The Bertz CT molecular complexity index is 602. The van der Waals surface area contributed by atoms with Crippen LogP contribution in [0.2, 0.25) is 0 Å². The quantitative estimate of drug-likeness (QED) is 0.875. The Hall–Kier alpha value is -1.40. The van der Waals surface area contributed by atoms with Gasteiger partial charge in [0.25, 0.3) is 5.91 Å². The third-order valence-corrected chi connectivity index (χ3v) is 4.00. The first-order valence-corrected chi connectivity index (χ1v) is 8.42. The van der Waals surface area contributed by atoms with Gasteiger partial charge in [-0.3, -0.25) is 4.79 Å². The van der Waals surface area contributed by atoms with E-state index in [4.69, 9.17) is 0 Å². The summed E-state index contributed by atoms with van der Waals surface area (Å²) in [6.07, 6.45) is 0. The van der Waals surface area contributed by atoms with Gasteiger partial charge in [0.1, 0.15) is 0 Å². The van der Waals surface area contributed by atoms with Crippen molar-refractivity contribution in [3.05, 3.63) is 29.8 Å². The van der Waals surface area contributed by atoms with E-state index in [9.17, 15) is 13.2 Å². The number of hydrogen-bond donors (Lipinski definition) is 2. The SMILES string of the molecule is CC(C)CNS(=O)(=O)c1cccc(C(=O)NC(C)(C)C)c1. The Morgan fingerprint density at radius 1 is 1.24 bits per heavy atom. The maximum Gasteiger partial charge on any atom is 0.251 e. The summed E-state index contributed by atoms with van der Waals surface area (Å²) >= 11 is 0. The molecule has 0 saturated heterocycles. The van der Waals surface area contributed by atoms with Crippen LogP contribution in [0.5, 0.6) is 0 Å². The van der Waals surface area contributed by atoms with Gasteiger partial charge in [-0.05, 0) is 44.9 Å². The minimum Gasteiger partial charge on any atom is -0.347 e. The predicted molar refractivity (Wildman–Crippen MR) is 83.7 cm³/mol. The second-order valence-electron chi connectivity index (χ2n) is 6.48. The molecule has 0 heterocycles. The molecule has 0 aliphatic heterocycles. The van der Waals surface area contributed by atoms with Gasteiger partial charge in [0.2, 0.25) is 10.0 Å². The van der Waals surface area contributed by atoms with Crippen LogP contribution in [0, 0.1) is 5.92 Å². The molecule has 1 aromatic carbocycles. The number of rotatable bonds is 5. The molecule has 0 spiro atoms. The summed E-state index contributed by atoms with van der Waals surface area (Å²) in [6, 6.07) is 6.05. The molecule has 0 saturated carbocycles. The van der Waals surface area contributed by atoms with Crippen molar-refractivity contribution in [3.8, 4) is 0 Å². The highest BCUT2D eigenvalue weighted by molar-refractivity contribution is 7.89. The van der Waals surface area contributed by atoms with Crippen LogP contribution in [-0.2, 0) is 10.0 Å². The van der Waals surface area contributed by atoms with E-state index in [1.54, 1.807) is 12.1 Å². The molecule has 0 fully saturated rings. The van der Waals surface area contributed by atoms with Crippen molar-refractivity contribution in [1.82, 2.24) is 10.0 Å². The van der Waals surface area contributed by atoms with Crippen LogP contribution in [0.3, 0.4) is 0 Å². The van der Waals surface area contributed by atoms with E-state index in [0.29, 0.717) is 12.1 Å². The molecule has 6 heteroatoms. The van der Waals surface area contributed by atoms with E-state index in [1.807, 2.05) is 34.6 Å². The molecule has 2 N–H and O–H groups in total. The van der Waals surface area contributed by atoms with Crippen molar-refractivity contribution in [2.45, 2.75) is 45.1 Å².